The van der Waals surface area contributed by atoms with Gasteiger partial charge < -0.3 is 19.5 Å². The Kier molecular flexibility index (Phi) is 8.13. The molecule has 0 radical (unpaired) electrons. The Morgan fingerprint density at radius 2 is 1.65 bits per heavy atom. The first-order valence-corrected chi connectivity index (χ1v) is 12.8. The van der Waals surface area contributed by atoms with Crippen molar-refractivity contribution in [2.45, 2.75) is 0 Å². The molecular weight excluding hydrogens is 546 g/mol. The summed E-state index contributed by atoms with van der Waals surface area (Å²) < 4.78 is 35.1. The number of halogens is 3. The van der Waals surface area contributed by atoms with Crippen molar-refractivity contribution in [1.29, 1.82) is 0 Å². The van der Waals surface area contributed by atoms with Crippen molar-refractivity contribution in [3.63, 3.8) is 0 Å². The maximum atomic E-state index is 14.6. The number of quaternary nitrogens is 1. The zero-order valence-electron chi connectivity index (χ0n) is 22.8. The van der Waals surface area contributed by atoms with Crippen LogP contribution < -0.4 is 10.1 Å². The standard InChI is InChI=1S/C27H29ClF2N6O4/c1-33-20(18-8-9-21(40-5)23(30)22(18)29)15-31-24(33)25(37)32-16-6-7-17(19(28)14-16)26(38)34-10-12-35(13-11-34)27(39)36(2,3)4/h6-9,14-15H,10-13H2,1-5H3/p+1. The van der Waals surface area contributed by atoms with E-state index in [0.717, 1.165) is 0 Å². The van der Waals surface area contributed by atoms with Gasteiger partial charge in [0, 0.05) is 44.5 Å². The lowest BCUT2D eigenvalue weighted by molar-refractivity contribution is -0.790. The van der Waals surface area contributed by atoms with E-state index in [0.29, 0.717) is 31.9 Å². The van der Waals surface area contributed by atoms with Gasteiger partial charge in [-0.05, 0) is 30.3 Å². The van der Waals surface area contributed by atoms with Gasteiger partial charge in [0.15, 0.2) is 17.4 Å². The molecule has 1 aliphatic heterocycles. The molecule has 4 rings (SSSR count). The number of urea groups is 1. The van der Waals surface area contributed by atoms with Gasteiger partial charge in [0.25, 0.3) is 11.8 Å². The first-order valence-electron chi connectivity index (χ1n) is 12.4. The van der Waals surface area contributed by atoms with Crippen LogP contribution in [0.2, 0.25) is 5.02 Å². The third-order valence-electron chi connectivity index (χ3n) is 6.60. The van der Waals surface area contributed by atoms with Gasteiger partial charge in [0.1, 0.15) is 0 Å². The van der Waals surface area contributed by atoms with Crippen molar-refractivity contribution in [2.24, 2.45) is 7.05 Å². The van der Waals surface area contributed by atoms with Crippen molar-refractivity contribution in [1.82, 2.24) is 19.4 Å². The Morgan fingerprint density at radius 1 is 1.00 bits per heavy atom. The second-order valence-corrected chi connectivity index (χ2v) is 10.6. The van der Waals surface area contributed by atoms with Crippen LogP contribution in [0.4, 0.5) is 19.3 Å². The third kappa shape index (κ3) is 5.63. The number of nitrogens with one attached hydrogen (secondary N) is 1. The average molecular weight is 576 g/mol. The molecule has 1 fully saturated rings. The van der Waals surface area contributed by atoms with Crippen molar-refractivity contribution in [3.8, 4) is 17.0 Å². The van der Waals surface area contributed by atoms with Gasteiger partial charge in [0.2, 0.25) is 5.82 Å². The molecule has 0 saturated carbocycles. The summed E-state index contributed by atoms with van der Waals surface area (Å²) in [6, 6.07) is 7.11. The van der Waals surface area contributed by atoms with E-state index in [-0.39, 0.29) is 49.8 Å². The van der Waals surface area contributed by atoms with Crippen LogP contribution in [0.15, 0.2) is 36.5 Å². The number of carbonyl (C=O) groups is 3. The molecule has 0 unspecified atom stereocenters. The van der Waals surface area contributed by atoms with E-state index >= 15 is 0 Å². The topological polar surface area (TPSA) is 96.8 Å². The number of amides is 4. The monoisotopic (exact) mass is 575 g/mol. The van der Waals surface area contributed by atoms with Gasteiger partial charge in [-0.2, -0.15) is 4.39 Å². The summed E-state index contributed by atoms with van der Waals surface area (Å²) in [5.41, 5.74) is 0.686. The minimum absolute atomic E-state index is 0.0219. The van der Waals surface area contributed by atoms with Gasteiger partial charge in [-0.3, -0.25) is 14.5 Å². The first kappa shape index (κ1) is 29.0. The molecule has 0 bridgehead atoms. The largest absolute Gasteiger partial charge is 0.494 e. The molecule has 0 aliphatic carbocycles. The number of methoxy groups -OCH3 is 1. The summed E-state index contributed by atoms with van der Waals surface area (Å²) in [5, 5.41) is 2.80. The van der Waals surface area contributed by atoms with Crippen molar-refractivity contribution < 1.29 is 32.4 Å². The molecule has 40 heavy (non-hydrogen) atoms. The summed E-state index contributed by atoms with van der Waals surface area (Å²) in [5.74, 6) is -3.45. The minimum Gasteiger partial charge on any atom is -0.494 e. The SMILES string of the molecule is COc1ccc(-c2cnc(C(=O)Nc3ccc(C(=O)N4CCN(C(=O)[N+](C)(C)C)CC4)c(Cl)c3)n2C)c(F)c1F. The molecule has 1 aromatic heterocycles. The second kappa shape index (κ2) is 11.2. The Morgan fingerprint density at radius 3 is 2.25 bits per heavy atom. The van der Waals surface area contributed by atoms with Crippen molar-refractivity contribution in [3.05, 3.63) is 64.6 Å². The number of rotatable bonds is 5. The Hall–Kier alpha value is -4.03. The molecule has 0 spiro atoms. The molecule has 3 aromatic rings. The van der Waals surface area contributed by atoms with Gasteiger partial charge in [-0.1, -0.05) is 11.6 Å². The number of hydrogen-bond acceptors (Lipinski definition) is 5. The summed E-state index contributed by atoms with van der Waals surface area (Å²) in [6.07, 6.45) is 1.27. The van der Waals surface area contributed by atoms with E-state index in [1.165, 1.54) is 55.3 Å². The average Bonchev–Trinajstić information content (AvgIpc) is 3.30. The van der Waals surface area contributed by atoms with Crippen LogP contribution in [0, 0.1) is 11.6 Å². The lowest BCUT2D eigenvalue weighted by Gasteiger charge is -2.36. The molecule has 1 saturated heterocycles. The molecule has 2 heterocycles. The molecule has 13 heteroatoms. The zero-order valence-corrected chi connectivity index (χ0v) is 23.6. The van der Waals surface area contributed by atoms with Crippen LogP contribution in [0.3, 0.4) is 0 Å². The smallest absolute Gasteiger partial charge is 0.418 e. The van der Waals surface area contributed by atoms with Gasteiger partial charge in [0.05, 0.1) is 50.7 Å². The highest BCUT2D eigenvalue weighted by molar-refractivity contribution is 6.34. The number of piperazine rings is 1. The van der Waals surface area contributed by atoms with Crippen molar-refractivity contribution >= 4 is 35.1 Å². The Labute approximate surface area is 235 Å². The van der Waals surface area contributed by atoms with E-state index in [9.17, 15) is 23.2 Å². The van der Waals surface area contributed by atoms with Gasteiger partial charge in [-0.15, -0.1) is 0 Å². The van der Waals surface area contributed by atoms with Crippen LogP contribution in [0.1, 0.15) is 21.0 Å². The van der Waals surface area contributed by atoms with E-state index in [2.05, 4.69) is 10.3 Å². The van der Waals surface area contributed by atoms with E-state index in [1.54, 1.807) is 30.9 Å². The van der Waals surface area contributed by atoms with Crippen LogP contribution in [-0.2, 0) is 7.05 Å². The van der Waals surface area contributed by atoms with Gasteiger partial charge >= 0.3 is 6.03 Å². The molecule has 0 atom stereocenters. The number of benzene rings is 2. The quantitative estimate of drug-likeness (QED) is 0.466. The number of imidazole rings is 1. The fourth-order valence-corrected chi connectivity index (χ4v) is 4.67. The zero-order chi connectivity index (χ0) is 29.4. The third-order valence-corrected chi connectivity index (χ3v) is 6.92. The minimum atomic E-state index is -1.14. The summed E-state index contributed by atoms with van der Waals surface area (Å²) in [4.78, 5) is 45.9. The molecule has 10 nitrogen and oxygen atoms in total. The molecule has 212 valence electrons. The number of anilines is 1. The van der Waals surface area contributed by atoms with E-state index in [4.69, 9.17) is 16.3 Å². The van der Waals surface area contributed by atoms with Gasteiger partial charge in [-0.25, -0.2) is 18.7 Å². The molecule has 1 N–H and O–H groups in total. The Bertz CT molecular complexity index is 1480. The maximum Gasteiger partial charge on any atom is 0.418 e. The van der Waals surface area contributed by atoms with Crippen LogP contribution >= 0.6 is 11.6 Å². The lowest BCUT2D eigenvalue weighted by Crippen LogP contribution is -2.57. The maximum absolute atomic E-state index is 14.6. The molecule has 4 amide bonds. The predicted molar refractivity (Wildman–Crippen MR) is 145 cm³/mol. The second-order valence-electron chi connectivity index (χ2n) is 10.2. The lowest BCUT2D eigenvalue weighted by atomic mass is 10.1. The first-order chi connectivity index (χ1) is 18.8. The van der Waals surface area contributed by atoms with Crippen LogP contribution in [-0.4, -0.2) is 96.1 Å². The fraction of sp³-hybridized carbons (Fsp3) is 0.333. The van der Waals surface area contributed by atoms with Crippen molar-refractivity contribution in [2.75, 3.05) is 59.7 Å². The van der Waals surface area contributed by atoms with E-state index < -0.39 is 17.5 Å². The highest BCUT2D eigenvalue weighted by Gasteiger charge is 2.32. The normalized spacial score (nSPS) is 13.8. The highest BCUT2D eigenvalue weighted by atomic mass is 35.5. The Balaban J connectivity index is 1.44. The number of hydrogen-bond donors (Lipinski definition) is 1. The summed E-state index contributed by atoms with van der Waals surface area (Å²) in [7, 11) is 8.13. The summed E-state index contributed by atoms with van der Waals surface area (Å²) >= 11 is 6.41. The van der Waals surface area contributed by atoms with Crippen LogP contribution in [0.25, 0.3) is 11.3 Å². The molecular formula is C27H30ClF2N6O4+. The number of nitrogens with zero attached hydrogens (tertiary/aromatic N) is 5. The number of ether oxygens (including phenoxy) is 1. The number of carbonyl (C=O) groups excluding carboxylic acids is 3. The van der Waals surface area contributed by atoms with Crippen LogP contribution in [0.5, 0.6) is 5.75 Å². The predicted octanol–water partition coefficient (Wildman–Crippen LogP) is 3.86. The molecule has 1 aliphatic rings. The molecule has 2 aromatic carbocycles. The highest BCUT2D eigenvalue weighted by Crippen LogP contribution is 2.30. The van der Waals surface area contributed by atoms with E-state index in [1.807, 2.05) is 0 Å². The summed E-state index contributed by atoms with van der Waals surface area (Å²) in [6.45, 7) is 1.59. The fourth-order valence-electron chi connectivity index (χ4n) is 4.41. The number of aromatic nitrogens is 2.